The highest BCUT2D eigenvalue weighted by atomic mass is 35.5. The smallest absolute Gasteiger partial charge is 0.277 e. The number of carbonyl (C=O) groups excluding carboxylic acids is 1. The first kappa shape index (κ1) is 19.2. The van der Waals surface area contributed by atoms with Gasteiger partial charge in [0.05, 0.1) is 5.75 Å². The maximum absolute atomic E-state index is 12.4. The van der Waals surface area contributed by atoms with Gasteiger partial charge in [-0.15, -0.1) is 10.2 Å². The highest BCUT2D eigenvalue weighted by Crippen LogP contribution is 2.28. The fraction of sp³-hybridized carbons (Fsp3) is 0.0455. The van der Waals surface area contributed by atoms with Crippen molar-refractivity contribution in [2.24, 2.45) is 0 Å². The van der Waals surface area contributed by atoms with Gasteiger partial charge in [0.15, 0.2) is 0 Å². The van der Waals surface area contributed by atoms with Crippen LogP contribution in [0.5, 0.6) is 0 Å². The van der Waals surface area contributed by atoms with E-state index in [0.717, 1.165) is 22.4 Å². The minimum absolute atomic E-state index is 0.148. The van der Waals surface area contributed by atoms with E-state index in [1.54, 1.807) is 24.3 Å². The predicted octanol–water partition coefficient (Wildman–Crippen LogP) is 5.79. The molecule has 1 heterocycles. The van der Waals surface area contributed by atoms with Gasteiger partial charge in [0.25, 0.3) is 5.22 Å². The number of carbonyl (C=O) groups is 1. The van der Waals surface area contributed by atoms with Crippen molar-refractivity contribution in [3.8, 4) is 22.6 Å². The number of hydrogen-bond acceptors (Lipinski definition) is 5. The fourth-order valence-electron chi connectivity index (χ4n) is 2.75. The normalized spacial score (nSPS) is 10.7. The molecule has 144 valence electrons. The molecule has 0 spiro atoms. The molecule has 0 aliphatic heterocycles. The first-order valence-corrected chi connectivity index (χ1v) is 10.2. The van der Waals surface area contributed by atoms with E-state index in [2.05, 4.69) is 15.5 Å². The number of rotatable bonds is 6. The van der Waals surface area contributed by atoms with Crippen molar-refractivity contribution in [3.63, 3.8) is 0 Å². The monoisotopic (exact) mass is 421 g/mol. The van der Waals surface area contributed by atoms with E-state index in [1.807, 2.05) is 54.6 Å². The summed E-state index contributed by atoms with van der Waals surface area (Å²) in [4.78, 5) is 12.4. The highest BCUT2D eigenvalue weighted by Gasteiger charge is 2.13. The number of aromatic nitrogens is 2. The summed E-state index contributed by atoms with van der Waals surface area (Å²) in [6, 6.07) is 24.7. The number of anilines is 1. The second-order valence-corrected chi connectivity index (χ2v) is 7.49. The van der Waals surface area contributed by atoms with Crippen LogP contribution >= 0.6 is 23.4 Å². The molecule has 0 aliphatic carbocycles. The van der Waals surface area contributed by atoms with E-state index < -0.39 is 0 Å². The Kier molecular flexibility index (Phi) is 5.93. The summed E-state index contributed by atoms with van der Waals surface area (Å²) in [6.07, 6.45) is 0. The van der Waals surface area contributed by atoms with Gasteiger partial charge in [0, 0.05) is 21.8 Å². The van der Waals surface area contributed by atoms with Crippen LogP contribution in [0.4, 0.5) is 5.69 Å². The number of amides is 1. The van der Waals surface area contributed by atoms with Crippen LogP contribution in [0.15, 0.2) is 88.5 Å². The van der Waals surface area contributed by atoms with Crippen LogP contribution in [0.3, 0.4) is 0 Å². The van der Waals surface area contributed by atoms with Crippen molar-refractivity contribution in [3.05, 3.63) is 83.9 Å². The van der Waals surface area contributed by atoms with E-state index in [-0.39, 0.29) is 11.7 Å². The van der Waals surface area contributed by atoms with Crippen LogP contribution in [0.1, 0.15) is 0 Å². The lowest BCUT2D eigenvalue weighted by molar-refractivity contribution is -0.113. The zero-order valence-corrected chi connectivity index (χ0v) is 16.8. The third kappa shape index (κ3) is 4.85. The van der Waals surface area contributed by atoms with Gasteiger partial charge in [-0.3, -0.25) is 4.79 Å². The van der Waals surface area contributed by atoms with Gasteiger partial charge in [-0.1, -0.05) is 71.9 Å². The third-order valence-corrected chi connectivity index (χ3v) is 5.18. The summed E-state index contributed by atoms with van der Waals surface area (Å²) < 4.78 is 5.62. The molecule has 4 aromatic rings. The van der Waals surface area contributed by atoms with Crippen molar-refractivity contribution in [2.75, 3.05) is 11.1 Å². The zero-order valence-electron chi connectivity index (χ0n) is 15.2. The maximum atomic E-state index is 12.4. The molecule has 3 aromatic carbocycles. The maximum Gasteiger partial charge on any atom is 0.277 e. The van der Waals surface area contributed by atoms with E-state index in [4.69, 9.17) is 16.0 Å². The number of nitrogens with zero attached hydrogens (tertiary/aromatic N) is 2. The Morgan fingerprint density at radius 3 is 2.41 bits per heavy atom. The van der Waals surface area contributed by atoms with E-state index >= 15 is 0 Å². The van der Waals surface area contributed by atoms with Crippen LogP contribution in [0.2, 0.25) is 5.02 Å². The minimum Gasteiger partial charge on any atom is -0.411 e. The molecule has 0 saturated carbocycles. The summed E-state index contributed by atoms with van der Waals surface area (Å²) in [5, 5.41) is 11.9. The number of para-hydroxylation sites is 1. The van der Waals surface area contributed by atoms with Gasteiger partial charge in [0.2, 0.25) is 11.8 Å². The van der Waals surface area contributed by atoms with Gasteiger partial charge in [-0.2, -0.15) is 0 Å². The molecule has 0 fully saturated rings. The van der Waals surface area contributed by atoms with Crippen LogP contribution in [-0.2, 0) is 4.79 Å². The van der Waals surface area contributed by atoms with Gasteiger partial charge >= 0.3 is 0 Å². The lowest BCUT2D eigenvalue weighted by Crippen LogP contribution is -2.14. The first-order valence-electron chi connectivity index (χ1n) is 8.85. The van der Waals surface area contributed by atoms with Gasteiger partial charge in [-0.25, -0.2) is 0 Å². The Morgan fingerprint density at radius 2 is 1.62 bits per heavy atom. The fourth-order valence-corrected chi connectivity index (χ4v) is 3.44. The summed E-state index contributed by atoms with van der Waals surface area (Å²) in [7, 11) is 0. The van der Waals surface area contributed by atoms with Crippen LogP contribution in [-0.4, -0.2) is 21.9 Å². The second-order valence-electron chi connectivity index (χ2n) is 6.13. The van der Waals surface area contributed by atoms with Crippen LogP contribution in [0, 0.1) is 0 Å². The van der Waals surface area contributed by atoms with Crippen molar-refractivity contribution in [1.29, 1.82) is 0 Å². The lowest BCUT2D eigenvalue weighted by Gasteiger charge is -2.10. The van der Waals surface area contributed by atoms with Crippen molar-refractivity contribution in [1.82, 2.24) is 10.2 Å². The molecule has 7 heteroatoms. The van der Waals surface area contributed by atoms with Crippen LogP contribution in [0.25, 0.3) is 22.6 Å². The average molecular weight is 422 g/mol. The summed E-state index contributed by atoms with van der Waals surface area (Å²) in [5.74, 6) is 0.398. The highest BCUT2D eigenvalue weighted by molar-refractivity contribution is 7.99. The Labute approximate surface area is 177 Å². The van der Waals surface area contributed by atoms with Crippen molar-refractivity contribution < 1.29 is 9.21 Å². The Balaban J connectivity index is 1.40. The van der Waals surface area contributed by atoms with Gasteiger partial charge < -0.3 is 9.73 Å². The lowest BCUT2D eigenvalue weighted by atomic mass is 10.0. The molecule has 1 amide bonds. The Hall–Kier alpha value is -3.09. The molecular weight excluding hydrogens is 406 g/mol. The number of halogens is 1. The molecule has 29 heavy (non-hydrogen) atoms. The summed E-state index contributed by atoms with van der Waals surface area (Å²) in [5.41, 5.74) is 3.54. The Morgan fingerprint density at radius 1 is 0.897 bits per heavy atom. The summed E-state index contributed by atoms with van der Waals surface area (Å²) in [6.45, 7) is 0. The van der Waals surface area contributed by atoms with Crippen LogP contribution < -0.4 is 5.32 Å². The summed E-state index contributed by atoms with van der Waals surface area (Å²) >= 11 is 7.08. The number of thioether (sulfide) groups is 1. The molecule has 0 bridgehead atoms. The standard InChI is InChI=1S/C22H16ClN3O2S/c23-17-12-10-16(11-13-17)21-25-26-22(28-21)29-14-20(27)24-19-9-5-4-8-18(19)15-6-2-1-3-7-15/h1-13H,14H2,(H,24,27). The van der Waals surface area contributed by atoms with E-state index in [0.29, 0.717) is 16.1 Å². The predicted molar refractivity (Wildman–Crippen MR) is 116 cm³/mol. The molecular formula is C22H16ClN3O2S. The molecule has 4 rings (SSSR count). The quantitative estimate of drug-likeness (QED) is 0.399. The Bertz CT molecular complexity index is 1110. The van der Waals surface area contributed by atoms with Crippen molar-refractivity contribution >= 4 is 35.0 Å². The topological polar surface area (TPSA) is 68.0 Å². The number of nitrogens with one attached hydrogen (secondary N) is 1. The first-order chi connectivity index (χ1) is 14.2. The number of hydrogen-bond donors (Lipinski definition) is 1. The molecule has 0 saturated heterocycles. The zero-order chi connectivity index (χ0) is 20.1. The molecule has 0 atom stereocenters. The molecule has 5 nitrogen and oxygen atoms in total. The van der Waals surface area contributed by atoms with E-state index in [1.165, 1.54) is 11.8 Å². The SMILES string of the molecule is O=C(CSc1nnc(-c2ccc(Cl)cc2)o1)Nc1ccccc1-c1ccccc1. The molecule has 0 aliphatic rings. The van der Waals surface area contributed by atoms with Crippen molar-refractivity contribution in [2.45, 2.75) is 5.22 Å². The van der Waals surface area contributed by atoms with Gasteiger partial charge in [-0.05, 0) is 35.9 Å². The van der Waals surface area contributed by atoms with Gasteiger partial charge in [0.1, 0.15) is 0 Å². The molecule has 1 N–H and O–H groups in total. The number of benzene rings is 3. The molecule has 1 aromatic heterocycles. The van der Waals surface area contributed by atoms with E-state index in [9.17, 15) is 4.79 Å². The molecule has 0 unspecified atom stereocenters. The largest absolute Gasteiger partial charge is 0.411 e. The third-order valence-electron chi connectivity index (χ3n) is 4.11. The average Bonchev–Trinajstić information content (AvgIpc) is 3.23. The second kappa shape index (κ2) is 8.94. The molecule has 0 radical (unpaired) electrons. The minimum atomic E-state index is -0.148.